The molecule has 5 rings (SSSR count). The lowest BCUT2D eigenvalue weighted by molar-refractivity contribution is -0.394. The molecule has 3 aliphatic rings. The molecule has 13 nitrogen and oxygen atoms in total. The Morgan fingerprint density at radius 2 is 1.61 bits per heavy atom. The first-order valence-corrected chi connectivity index (χ1v) is 11.8. The Bertz CT molecular complexity index is 1060. The van der Waals surface area contributed by atoms with Gasteiger partial charge in [0.05, 0.1) is 21.5 Å². The molecule has 2 aromatic rings. The molecule has 2 aromatic carbocycles. The number of amides is 2. The van der Waals surface area contributed by atoms with Crippen LogP contribution >= 0.6 is 0 Å². The number of nitrogens with zero attached hydrogens (tertiary/aromatic N) is 2. The van der Waals surface area contributed by atoms with Gasteiger partial charge in [0.25, 0.3) is 23.8 Å². The van der Waals surface area contributed by atoms with Crippen LogP contribution in [0.25, 0.3) is 0 Å². The fourth-order valence-corrected chi connectivity index (χ4v) is 5.25. The molecule has 2 amide bonds. The molecule has 0 aromatic heterocycles. The summed E-state index contributed by atoms with van der Waals surface area (Å²) in [6.07, 6.45) is 0.539. The van der Waals surface area contributed by atoms with Crippen molar-refractivity contribution in [2.24, 2.45) is 0 Å². The topological polar surface area (TPSA) is 172 Å². The van der Waals surface area contributed by atoms with Crippen LogP contribution in [0, 0.1) is 20.2 Å². The van der Waals surface area contributed by atoms with Gasteiger partial charge < -0.3 is 23.9 Å². The highest BCUT2D eigenvalue weighted by Crippen LogP contribution is 2.43. The van der Waals surface area contributed by atoms with Gasteiger partial charge in [-0.25, -0.2) is 0 Å². The molecule has 0 saturated carbocycles. The van der Waals surface area contributed by atoms with Gasteiger partial charge in [0.1, 0.15) is 6.04 Å². The molecule has 0 radical (unpaired) electrons. The van der Waals surface area contributed by atoms with Crippen LogP contribution in [0.4, 0.5) is 11.4 Å². The average molecular weight is 474 g/mol. The smallest absolute Gasteiger partial charge is 0.354 e. The Morgan fingerprint density at radius 1 is 1.00 bits per heavy atom. The molecule has 3 fully saturated rings. The Balaban J connectivity index is 1.46. The van der Waals surface area contributed by atoms with Crippen LogP contribution in [0.15, 0.2) is 48.5 Å². The first-order valence-electron chi connectivity index (χ1n) is 9.87. The van der Waals surface area contributed by atoms with E-state index in [0.717, 1.165) is 18.2 Å². The van der Waals surface area contributed by atoms with E-state index in [1.807, 2.05) is 0 Å². The molecule has 1 atom stereocenters. The van der Waals surface area contributed by atoms with E-state index in [1.165, 1.54) is 0 Å². The number of nitro groups is 2. The molecule has 2 bridgehead atoms. The number of nitrogens with one attached hydrogen (secondary N) is 2. The second kappa shape index (κ2) is 9.03. The molecule has 2 N–H and O–H groups in total. The molecule has 3 saturated heterocycles. The molecule has 3 aliphatic heterocycles. The normalized spacial score (nSPS) is 21.2. The second-order valence-electron chi connectivity index (χ2n) is 7.29. The van der Waals surface area contributed by atoms with E-state index in [1.54, 1.807) is 30.3 Å². The Hall–Kier alpha value is -3.72. The first-order chi connectivity index (χ1) is 15.8. The first kappa shape index (κ1) is 22.5. The van der Waals surface area contributed by atoms with Gasteiger partial charge in [-0.2, -0.15) is 0 Å². The summed E-state index contributed by atoms with van der Waals surface area (Å²) in [5.41, 5.74) is -1.07. The lowest BCUT2D eigenvalue weighted by Gasteiger charge is -2.55. The molecule has 3 heterocycles. The highest BCUT2D eigenvalue weighted by molar-refractivity contribution is 6.65. The summed E-state index contributed by atoms with van der Waals surface area (Å²) in [6, 6.07) is 10.4. The van der Waals surface area contributed by atoms with Crippen LogP contribution < -0.4 is 10.6 Å². The number of hydrogen-bond acceptors (Lipinski definition) is 9. The Kier molecular flexibility index (Phi) is 6.15. The van der Waals surface area contributed by atoms with Gasteiger partial charge in [-0.3, -0.25) is 29.8 Å². The van der Waals surface area contributed by atoms with Crippen molar-refractivity contribution in [2.45, 2.75) is 25.0 Å². The summed E-state index contributed by atoms with van der Waals surface area (Å²) in [7, 11) is -2.45. The number of hydrogen-bond donors (Lipinski definition) is 2. The third kappa shape index (κ3) is 4.88. The predicted molar refractivity (Wildman–Crippen MR) is 112 cm³/mol. The third-order valence-corrected chi connectivity index (χ3v) is 7.66. The lowest BCUT2D eigenvalue weighted by Crippen LogP contribution is -2.75. The maximum atomic E-state index is 12.9. The maximum absolute atomic E-state index is 12.9. The summed E-state index contributed by atoms with van der Waals surface area (Å²) >= 11 is 0. The van der Waals surface area contributed by atoms with E-state index >= 15 is 0 Å². The number of nitro benzene ring substituents is 2. The zero-order valence-electron chi connectivity index (χ0n) is 17.0. The second-order valence-corrected chi connectivity index (χ2v) is 9.86. The number of carbonyl (C=O) groups excluding carboxylic acids is 2. The van der Waals surface area contributed by atoms with Crippen molar-refractivity contribution in [2.75, 3.05) is 6.54 Å². The SMILES string of the molecule is O=C(N[C@@H](C(=O)NCCC[Si]12OC(O1)O2)c1ccccc1)c1cc([N+](=O)[O-])cc([N+](=O)[O-])c1. The minimum Gasteiger partial charge on any atom is -0.354 e. The van der Waals surface area contributed by atoms with Crippen molar-refractivity contribution in [1.82, 2.24) is 10.6 Å². The van der Waals surface area contributed by atoms with E-state index in [9.17, 15) is 29.8 Å². The number of benzene rings is 2. The van der Waals surface area contributed by atoms with Gasteiger partial charge in [0, 0.05) is 24.7 Å². The lowest BCUT2D eigenvalue weighted by atomic mass is 10.0. The van der Waals surface area contributed by atoms with Gasteiger partial charge in [0.15, 0.2) is 0 Å². The molecular formula is C19H18N4O9Si. The minimum absolute atomic E-state index is 0.274. The average Bonchev–Trinajstić information content (AvgIpc) is 2.75. The van der Waals surface area contributed by atoms with Crippen LogP contribution in [-0.2, 0) is 18.1 Å². The molecule has 0 spiro atoms. The highest BCUT2D eigenvalue weighted by Gasteiger charge is 2.68. The van der Waals surface area contributed by atoms with Crippen molar-refractivity contribution < 1.29 is 32.7 Å². The summed E-state index contributed by atoms with van der Waals surface area (Å²) in [4.78, 5) is 46.2. The summed E-state index contributed by atoms with van der Waals surface area (Å²) < 4.78 is 16.0. The van der Waals surface area contributed by atoms with E-state index in [4.69, 9.17) is 13.3 Å². The van der Waals surface area contributed by atoms with Gasteiger partial charge in [-0.1, -0.05) is 30.3 Å². The molecule has 0 aliphatic carbocycles. The standard InChI is InChI=1S/C19H18N4O9Si/c24-17(13-9-14(22(26)27)11-15(10-13)23(28)29)21-16(12-5-2-1-3-6-12)18(25)20-7-4-8-33-30-19(31-33)32-33/h1-3,5-6,9-11,16,19H,4,7-8H2,(H,20,25)(H,21,24)/t16-,19?,33?/m1/s1. The zero-order valence-corrected chi connectivity index (χ0v) is 18.0. The van der Waals surface area contributed by atoms with E-state index < -0.39 is 54.4 Å². The van der Waals surface area contributed by atoms with Gasteiger partial charge in [-0.05, 0) is 12.0 Å². The van der Waals surface area contributed by atoms with Crippen molar-refractivity contribution in [3.05, 3.63) is 79.9 Å². The molecule has 33 heavy (non-hydrogen) atoms. The minimum atomic E-state index is -2.45. The van der Waals surface area contributed by atoms with Gasteiger partial charge >= 0.3 is 8.80 Å². The van der Waals surface area contributed by atoms with Crippen molar-refractivity contribution >= 4 is 32.0 Å². The van der Waals surface area contributed by atoms with E-state index in [0.29, 0.717) is 18.0 Å². The predicted octanol–water partition coefficient (Wildman–Crippen LogP) is 1.78. The number of rotatable bonds is 10. The molecule has 172 valence electrons. The van der Waals surface area contributed by atoms with E-state index in [-0.39, 0.29) is 12.1 Å². The van der Waals surface area contributed by atoms with Crippen LogP contribution in [0.5, 0.6) is 0 Å². The van der Waals surface area contributed by atoms with Crippen LogP contribution in [0.3, 0.4) is 0 Å². The monoisotopic (exact) mass is 474 g/mol. The van der Waals surface area contributed by atoms with Crippen LogP contribution in [-0.4, -0.2) is 43.5 Å². The highest BCUT2D eigenvalue weighted by atomic mass is 28.4. The van der Waals surface area contributed by atoms with Crippen molar-refractivity contribution in [3.8, 4) is 0 Å². The van der Waals surface area contributed by atoms with E-state index in [2.05, 4.69) is 10.6 Å². The fourth-order valence-electron chi connectivity index (χ4n) is 3.36. The van der Waals surface area contributed by atoms with Gasteiger partial charge in [0.2, 0.25) is 5.91 Å². The third-order valence-electron chi connectivity index (χ3n) is 5.04. The summed E-state index contributed by atoms with van der Waals surface area (Å²) in [5.74, 6) is -1.39. The van der Waals surface area contributed by atoms with Gasteiger partial charge in [-0.15, -0.1) is 0 Å². The molecule has 14 heteroatoms. The molecule has 0 unspecified atom stereocenters. The van der Waals surface area contributed by atoms with Crippen molar-refractivity contribution in [3.63, 3.8) is 0 Å². The largest absolute Gasteiger partial charge is 0.511 e. The Morgan fingerprint density at radius 3 is 2.12 bits per heavy atom. The number of non-ortho nitro benzene ring substituents is 2. The fraction of sp³-hybridized carbons (Fsp3) is 0.263. The van der Waals surface area contributed by atoms with Crippen LogP contribution in [0.1, 0.15) is 28.4 Å². The number of carbonyl (C=O) groups is 2. The molecular weight excluding hydrogens is 456 g/mol. The quantitative estimate of drug-likeness (QED) is 0.225. The van der Waals surface area contributed by atoms with Crippen molar-refractivity contribution in [1.29, 1.82) is 0 Å². The summed E-state index contributed by atoms with van der Waals surface area (Å²) in [6.45, 7) is -0.260. The van der Waals surface area contributed by atoms with Crippen LogP contribution in [0.2, 0.25) is 6.04 Å². The zero-order chi connectivity index (χ0) is 23.6. The maximum Gasteiger partial charge on any atom is 0.511 e. The Labute approximate surface area is 187 Å². The summed E-state index contributed by atoms with van der Waals surface area (Å²) in [5, 5.41) is 27.5.